The molecule has 112 valence electrons. The van der Waals surface area contributed by atoms with Gasteiger partial charge in [-0.05, 0) is 31.5 Å². The maximum Gasteiger partial charge on any atom is 0.263 e. The molecule has 0 saturated heterocycles. The molecule has 3 rings (SSSR count). The molecule has 0 aliphatic rings. The normalized spacial score (nSPS) is 10.8. The number of aromatic nitrogens is 3. The molecular formula is C16H16N4O2. The molecule has 0 unspecified atom stereocenters. The number of hydrogen-bond donors (Lipinski definition) is 2. The molecule has 2 heterocycles. The fourth-order valence-corrected chi connectivity index (χ4v) is 2.34. The Morgan fingerprint density at radius 2 is 2.09 bits per heavy atom. The topological polar surface area (TPSA) is 79.8 Å². The molecule has 3 aromatic rings. The number of carbonyl (C=O) groups is 1. The van der Waals surface area contributed by atoms with E-state index in [4.69, 9.17) is 0 Å². The Bertz CT molecular complexity index is 908. The van der Waals surface area contributed by atoms with Crippen LogP contribution in [0.15, 0.2) is 41.5 Å². The summed E-state index contributed by atoms with van der Waals surface area (Å²) in [7, 11) is 0. The molecule has 1 aromatic carbocycles. The summed E-state index contributed by atoms with van der Waals surface area (Å²) in [5.41, 5.74) is 2.89. The van der Waals surface area contributed by atoms with E-state index in [2.05, 4.69) is 15.3 Å². The van der Waals surface area contributed by atoms with E-state index in [9.17, 15) is 9.59 Å². The molecule has 0 fully saturated rings. The molecule has 0 atom stereocenters. The number of amides is 1. The van der Waals surface area contributed by atoms with E-state index in [-0.39, 0.29) is 18.0 Å². The monoisotopic (exact) mass is 296 g/mol. The van der Waals surface area contributed by atoms with Gasteiger partial charge in [0.2, 0.25) is 5.91 Å². The minimum atomic E-state index is -0.259. The standard InChI is InChI=1S/C16H16N4O2/c1-10-5-3-4-6-13(10)19-14(21)8-20-9-17-15-12(16(20)22)7-11(2)18-15/h3-7,9,18H,8H2,1-2H3,(H,19,21). The maximum atomic E-state index is 12.3. The average molecular weight is 296 g/mol. The Hall–Kier alpha value is -2.89. The van der Waals surface area contributed by atoms with Crippen LogP contribution >= 0.6 is 0 Å². The van der Waals surface area contributed by atoms with Gasteiger partial charge in [0.05, 0.1) is 5.39 Å². The lowest BCUT2D eigenvalue weighted by Gasteiger charge is -2.09. The lowest BCUT2D eigenvalue weighted by Crippen LogP contribution is -2.27. The summed E-state index contributed by atoms with van der Waals surface area (Å²) in [4.78, 5) is 31.6. The Morgan fingerprint density at radius 3 is 2.86 bits per heavy atom. The van der Waals surface area contributed by atoms with Crippen molar-refractivity contribution < 1.29 is 4.79 Å². The van der Waals surface area contributed by atoms with Crippen molar-refractivity contribution in [1.29, 1.82) is 0 Å². The van der Waals surface area contributed by atoms with Crippen LogP contribution in [0.5, 0.6) is 0 Å². The van der Waals surface area contributed by atoms with Crippen LogP contribution in [-0.4, -0.2) is 20.4 Å². The van der Waals surface area contributed by atoms with Gasteiger partial charge in [-0.2, -0.15) is 0 Å². The Kier molecular flexibility index (Phi) is 3.50. The Balaban J connectivity index is 1.84. The van der Waals surface area contributed by atoms with Crippen molar-refractivity contribution in [3.05, 3.63) is 58.3 Å². The quantitative estimate of drug-likeness (QED) is 0.775. The summed E-state index contributed by atoms with van der Waals surface area (Å²) < 4.78 is 1.31. The number of H-pyrrole nitrogens is 1. The summed E-state index contributed by atoms with van der Waals surface area (Å²) in [6, 6.07) is 9.23. The molecule has 0 bridgehead atoms. The number of benzene rings is 1. The van der Waals surface area contributed by atoms with Crippen molar-refractivity contribution in [3.8, 4) is 0 Å². The van der Waals surface area contributed by atoms with Crippen LogP contribution in [-0.2, 0) is 11.3 Å². The highest BCUT2D eigenvalue weighted by molar-refractivity contribution is 5.91. The van der Waals surface area contributed by atoms with E-state index in [0.717, 1.165) is 16.9 Å². The van der Waals surface area contributed by atoms with Crippen LogP contribution in [0.3, 0.4) is 0 Å². The molecule has 2 aromatic heterocycles. The predicted molar refractivity (Wildman–Crippen MR) is 84.9 cm³/mol. The number of aryl methyl sites for hydroxylation is 2. The lowest BCUT2D eigenvalue weighted by molar-refractivity contribution is -0.116. The molecule has 2 N–H and O–H groups in total. The van der Waals surface area contributed by atoms with Crippen LogP contribution in [0.1, 0.15) is 11.3 Å². The van der Waals surface area contributed by atoms with Crippen molar-refractivity contribution in [3.63, 3.8) is 0 Å². The summed E-state index contributed by atoms with van der Waals surface area (Å²) in [5, 5.41) is 3.29. The number of aromatic amines is 1. The first-order valence-corrected chi connectivity index (χ1v) is 6.95. The van der Waals surface area contributed by atoms with Gasteiger partial charge < -0.3 is 10.3 Å². The molecule has 0 aliphatic heterocycles. The van der Waals surface area contributed by atoms with E-state index in [1.165, 1.54) is 10.9 Å². The summed E-state index contributed by atoms with van der Waals surface area (Å²) in [6.45, 7) is 3.70. The predicted octanol–water partition coefficient (Wildman–Crippen LogP) is 1.98. The van der Waals surface area contributed by atoms with Gasteiger partial charge in [0, 0.05) is 11.4 Å². The third-order valence-electron chi connectivity index (χ3n) is 3.48. The molecule has 0 radical (unpaired) electrons. The van der Waals surface area contributed by atoms with Crippen molar-refractivity contribution >= 4 is 22.6 Å². The van der Waals surface area contributed by atoms with E-state index in [0.29, 0.717) is 11.0 Å². The second-order valence-corrected chi connectivity index (χ2v) is 5.26. The van der Waals surface area contributed by atoms with Crippen LogP contribution in [0.2, 0.25) is 0 Å². The number of para-hydroxylation sites is 1. The van der Waals surface area contributed by atoms with E-state index in [1.807, 2.05) is 38.1 Å². The van der Waals surface area contributed by atoms with Crippen molar-refractivity contribution in [2.75, 3.05) is 5.32 Å². The second kappa shape index (κ2) is 5.48. The molecule has 6 nitrogen and oxygen atoms in total. The number of hydrogen-bond acceptors (Lipinski definition) is 3. The first-order valence-electron chi connectivity index (χ1n) is 6.95. The molecule has 1 amide bonds. The van der Waals surface area contributed by atoms with Gasteiger partial charge in [-0.25, -0.2) is 4.98 Å². The largest absolute Gasteiger partial charge is 0.343 e. The number of carbonyl (C=O) groups excluding carboxylic acids is 1. The van der Waals surface area contributed by atoms with Crippen LogP contribution < -0.4 is 10.9 Å². The average Bonchev–Trinajstić information content (AvgIpc) is 2.86. The van der Waals surface area contributed by atoms with Crippen LogP contribution in [0, 0.1) is 13.8 Å². The zero-order valence-corrected chi connectivity index (χ0v) is 12.4. The molecule has 6 heteroatoms. The first-order chi connectivity index (χ1) is 10.5. The van der Waals surface area contributed by atoms with Crippen LogP contribution in [0.25, 0.3) is 11.0 Å². The van der Waals surface area contributed by atoms with Gasteiger partial charge in [0.1, 0.15) is 18.5 Å². The zero-order chi connectivity index (χ0) is 15.7. The highest BCUT2D eigenvalue weighted by Gasteiger charge is 2.10. The minimum Gasteiger partial charge on any atom is -0.343 e. The number of rotatable bonds is 3. The molecular weight excluding hydrogens is 280 g/mol. The van der Waals surface area contributed by atoms with Crippen LogP contribution in [0.4, 0.5) is 5.69 Å². The minimum absolute atomic E-state index is 0.0691. The maximum absolute atomic E-state index is 12.3. The Labute approximate surface area is 126 Å². The van der Waals surface area contributed by atoms with Crippen molar-refractivity contribution in [2.24, 2.45) is 0 Å². The van der Waals surface area contributed by atoms with E-state index < -0.39 is 0 Å². The highest BCUT2D eigenvalue weighted by atomic mass is 16.2. The third-order valence-corrected chi connectivity index (χ3v) is 3.48. The molecule has 0 saturated carbocycles. The first kappa shape index (κ1) is 14.1. The third kappa shape index (κ3) is 2.63. The summed E-state index contributed by atoms with van der Waals surface area (Å²) in [5.74, 6) is -0.259. The summed E-state index contributed by atoms with van der Waals surface area (Å²) >= 11 is 0. The van der Waals surface area contributed by atoms with Gasteiger partial charge in [-0.1, -0.05) is 18.2 Å². The van der Waals surface area contributed by atoms with Gasteiger partial charge in [-0.15, -0.1) is 0 Å². The molecule has 0 aliphatic carbocycles. The van der Waals surface area contributed by atoms with Crippen molar-refractivity contribution in [1.82, 2.24) is 14.5 Å². The fraction of sp³-hybridized carbons (Fsp3) is 0.188. The van der Waals surface area contributed by atoms with Gasteiger partial charge in [0.25, 0.3) is 5.56 Å². The Morgan fingerprint density at radius 1 is 1.32 bits per heavy atom. The van der Waals surface area contributed by atoms with E-state index in [1.54, 1.807) is 6.07 Å². The summed E-state index contributed by atoms with van der Waals surface area (Å²) in [6.07, 6.45) is 1.39. The smallest absolute Gasteiger partial charge is 0.263 e. The van der Waals surface area contributed by atoms with Crippen molar-refractivity contribution in [2.45, 2.75) is 20.4 Å². The fourth-order valence-electron chi connectivity index (χ4n) is 2.34. The SMILES string of the molecule is Cc1cc2c(=O)n(CC(=O)Nc3ccccc3C)cnc2[nH]1. The number of anilines is 1. The molecule has 22 heavy (non-hydrogen) atoms. The highest BCUT2D eigenvalue weighted by Crippen LogP contribution is 2.13. The van der Waals surface area contributed by atoms with Gasteiger partial charge in [-0.3, -0.25) is 14.2 Å². The van der Waals surface area contributed by atoms with Gasteiger partial charge in [0.15, 0.2) is 0 Å². The zero-order valence-electron chi connectivity index (χ0n) is 12.4. The lowest BCUT2D eigenvalue weighted by atomic mass is 10.2. The van der Waals surface area contributed by atoms with E-state index >= 15 is 0 Å². The number of fused-ring (bicyclic) bond motifs is 1. The van der Waals surface area contributed by atoms with Gasteiger partial charge >= 0.3 is 0 Å². The molecule has 0 spiro atoms. The number of nitrogens with one attached hydrogen (secondary N) is 2. The number of nitrogens with zero attached hydrogens (tertiary/aromatic N) is 2. The second-order valence-electron chi connectivity index (χ2n) is 5.26.